The van der Waals surface area contributed by atoms with E-state index >= 15 is 0 Å². The molecule has 0 spiro atoms. The van der Waals surface area contributed by atoms with E-state index in [1.807, 2.05) is 24.3 Å². The van der Waals surface area contributed by atoms with Gasteiger partial charge in [-0.15, -0.1) is 0 Å². The van der Waals surface area contributed by atoms with E-state index in [1.165, 1.54) is 36.9 Å². The number of fused-ring (bicyclic) bond motifs is 1. The van der Waals surface area contributed by atoms with Gasteiger partial charge in [0.15, 0.2) is 5.82 Å². The van der Waals surface area contributed by atoms with Gasteiger partial charge in [-0.2, -0.15) is 5.10 Å². The number of likely N-dealkylation sites (N-methyl/N-ethyl adjacent to an activating group) is 1. The molecule has 212 valence electrons. The van der Waals surface area contributed by atoms with Crippen LogP contribution in [0, 0.1) is 18.6 Å². The van der Waals surface area contributed by atoms with Crippen molar-refractivity contribution in [2.45, 2.75) is 44.3 Å². The second kappa shape index (κ2) is 11.2. The molecule has 1 amide bonds. The topological polar surface area (TPSA) is 114 Å². The number of aromatic nitrogens is 2. The van der Waals surface area contributed by atoms with Crippen molar-refractivity contribution in [2.75, 3.05) is 18.9 Å². The van der Waals surface area contributed by atoms with Crippen LogP contribution in [0.2, 0.25) is 0 Å². The molecule has 4 aromatic rings. The fourth-order valence-electron chi connectivity index (χ4n) is 4.04. The predicted octanol–water partition coefficient (Wildman–Crippen LogP) is 4.09. The SMILES string of the molecule is CNC(C)(C)C(=O)NCc1cccc(Cn2nc(NS(=O)(=O)c3ccc(C)c(F)c3)c3c(OC)cc(F)cc32)c1. The number of nitrogens with one attached hydrogen (secondary N) is 3. The quantitative estimate of drug-likeness (QED) is 0.264. The number of carbonyl (C=O) groups excluding carboxylic acids is 1. The Morgan fingerprint density at radius 3 is 2.48 bits per heavy atom. The second-order valence-electron chi connectivity index (χ2n) is 9.90. The van der Waals surface area contributed by atoms with Crippen LogP contribution in [0.3, 0.4) is 0 Å². The van der Waals surface area contributed by atoms with Gasteiger partial charge in [-0.1, -0.05) is 30.3 Å². The van der Waals surface area contributed by atoms with Crippen molar-refractivity contribution < 1.29 is 26.7 Å². The maximum atomic E-state index is 14.5. The number of hydrogen-bond acceptors (Lipinski definition) is 6. The van der Waals surface area contributed by atoms with Crippen LogP contribution < -0.4 is 20.1 Å². The molecule has 4 rings (SSSR count). The van der Waals surface area contributed by atoms with Crippen LogP contribution in [0.1, 0.15) is 30.5 Å². The van der Waals surface area contributed by atoms with Crippen LogP contribution in [-0.4, -0.2) is 43.8 Å². The Morgan fingerprint density at radius 2 is 1.80 bits per heavy atom. The number of benzene rings is 3. The zero-order chi connectivity index (χ0) is 29.2. The van der Waals surface area contributed by atoms with Crippen molar-refractivity contribution >= 4 is 32.7 Å². The van der Waals surface area contributed by atoms with Crippen molar-refractivity contribution in [1.29, 1.82) is 0 Å². The molecule has 0 aliphatic rings. The van der Waals surface area contributed by atoms with E-state index in [2.05, 4.69) is 20.5 Å². The molecule has 0 saturated heterocycles. The van der Waals surface area contributed by atoms with Gasteiger partial charge in [0.05, 0.1) is 35.0 Å². The van der Waals surface area contributed by atoms with Gasteiger partial charge in [0.1, 0.15) is 17.4 Å². The lowest BCUT2D eigenvalue weighted by molar-refractivity contribution is -0.126. The molecule has 1 aromatic heterocycles. The summed E-state index contributed by atoms with van der Waals surface area (Å²) < 4.78 is 64.1. The third-order valence-electron chi connectivity index (χ3n) is 6.66. The van der Waals surface area contributed by atoms with E-state index in [9.17, 15) is 22.0 Å². The summed E-state index contributed by atoms with van der Waals surface area (Å²) in [6, 6.07) is 13.3. The Hall–Kier alpha value is -4.03. The number of sulfonamides is 1. The van der Waals surface area contributed by atoms with Gasteiger partial charge in [0, 0.05) is 18.7 Å². The summed E-state index contributed by atoms with van der Waals surface area (Å²) in [6.07, 6.45) is 0. The van der Waals surface area contributed by atoms with Gasteiger partial charge in [-0.25, -0.2) is 17.2 Å². The third-order valence-corrected chi connectivity index (χ3v) is 7.99. The number of rotatable bonds is 10. The molecule has 40 heavy (non-hydrogen) atoms. The molecule has 0 aliphatic heterocycles. The Labute approximate surface area is 231 Å². The van der Waals surface area contributed by atoms with E-state index in [1.54, 1.807) is 20.9 Å². The fourth-order valence-corrected chi connectivity index (χ4v) is 5.06. The van der Waals surface area contributed by atoms with E-state index in [4.69, 9.17) is 4.74 Å². The molecule has 1 heterocycles. The van der Waals surface area contributed by atoms with Crippen LogP contribution >= 0.6 is 0 Å². The summed E-state index contributed by atoms with van der Waals surface area (Å²) in [5, 5.41) is 10.5. The minimum atomic E-state index is -4.24. The highest BCUT2D eigenvalue weighted by molar-refractivity contribution is 7.92. The molecule has 0 atom stereocenters. The molecule has 12 heteroatoms. The first kappa shape index (κ1) is 29.0. The summed E-state index contributed by atoms with van der Waals surface area (Å²) in [5.41, 5.74) is 1.48. The lowest BCUT2D eigenvalue weighted by Crippen LogP contribution is -2.50. The average Bonchev–Trinajstić information content (AvgIpc) is 3.23. The van der Waals surface area contributed by atoms with Gasteiger partial charge < -0.3 is 15.4 Å². The average molecular weight is 572 g/mol. The van der Waals surface area contributed by atoms with E-state index in [0.717, 1.165) is 23.3 Å². The molecular weight excluding hydrogens is 540 g/mol. The fraction of sp³-hybridized carbons (Fsp3) is 0.286. The predicted molar refractivity (Wildman–Crippen MR) is 149 cm³/mol. The minimum Gasteiger partial charge on any atom is -0.496 e. The van der Waals surface area contributed by atoms with Gasteiger partial charge >= 0.3 is 0 Å². The third kappa shape index (κ3) is 6.07. The van der Waals surface area contributed by atoms with Crippen LogP contribution in [0.15, 0.2) is 59.5 Å². The zero-order valence-electron chi connectivity index (χ0n) is 22.8. The molecule has 0 aliphatic carbocycles. The maximum absolute atomic E-state index is 14.5. The minimum absolute atomic E-state index is 0.0812. The molecule has 0 saturated carbocycles. The second-order valence-corrected chi connectivity index (χ2v) is 11.6. The molecule has 3 N–H and O–H groups in total. The normalized spacial score (nSPS) is 12.0. The molecule has 0 radical (unpaired) electrons. The van der Waals surface area contributed by atoms with E-state index < -0.39 is 27.2 Å². The first-order chi connectivity index (χ1) is 18.8. The summed E-state index contributed by atoms with van der Waals surface area (Å²) in [5.74, 6) is -1.43. The molecule has 3 aromatic carbocycles. The van der Waals surface area contributed by atoms with Gasteiger partial charge in [-0.05, 0) is 56.6 Å². The van der Waals surface area contributed by atoms with Crippen molar-refractivity contribution in [1.82, 2.24) is 20.4 Å². The Balaban J connectivity index is 1.68. The number of hydrogen-bond donors (Lipinski definition) is 3. The van der Waals surface area contributed by atoms with Crippen molar-refractivity contribution in [2.24, 2.45) is 0 Å². The summed E-state index contributed by atoms with van der Waals surface area (Å²) >= 11 is 0. The molecule has 0 bridgehead atoms. The lowest BCUT2D eigenvalue weighted by Gasteiger charge is -2.22. The number of nitrogens with zero attached hydrogens (tertiary/aromatic N) is 2. The number of ether oxygens (including phenoxy) is 1. The smallest absolute Gasteiger partial charge is 0.263 e. The highest BCUT2D eigenvalue weighted by Crippen LogP contribution is 2.35. The van der Waals surface area contributed by atoms with Gasteiger partial charge in [0.2, 0.25) is 5.91 Å². The van der Waals surface area contributed by atoms with Gasteiger partial charge in [0.25, 0.3) is 10.0 Å². The molecule has 0 unspecified atom stereocenters. The highest BCUT2D eigenvalue weighted by Gasteiger charge is 2.25. The highest BCUT2D eigenvalue weighted by atomic mass is 32.2. The number of amides is 1. The lowest BCUT2D eigenvalue weighted by atomic mass is 10.0. The number of halogens is 2. The number of anilines is 1. The summed E-state index contributed by atoms with van der Waals surface area (Å²) in [6.45, 7) is 5.53. The molecular formula is C28H31F2N5O4S. The van der Waals surface area contributed by atoms with Crippen LogP contribution in [-0.2, 0) is 27.9 Å². The zero-order valence-corrected chi connectivity index (χ0v) is 23.6. The first-order valence-electron chi connectivity index (χ1n) is 12.4. The van der Waals surface area contributed by atoms with Crippen LogP contribution in [0.25, 0.3) is 10.9 Å². The van der Waals surface area contributed by atoms with Gasteiger partial charge in [-0.3, -0.25) is 14.2 Å². The maximum Gasteiger partial charge on any atom is 0.263 e. The Morgan fingerprint density at radius 1 is 1.07 bits per heavy atom. The summed E-state index contributed by atoms with van der Waals surface area (Å²) in [7, 11) is -1.19. The Kier molecular flexibility index (Phi) is 8.13. The van der Waals surface area contributed by atoms with E-state index in [-0.39, 0.29) is 40.8 Å². The Bertz CT molecular complexity index is 1690. The van der Waals surface area contributed by atoms with E-state index in [0.29, 0.717) is 11.1 Å². The van der Waals surface area contributed by atoms with Crippen LogP contribution in [0.4, 0.5) is 14.6 Å². The molecule has 0 fully saturated rings. The summed E-state index contributed by atoms with van der Waals surface area (Å²) in [4.78, 5) is 12.1. The first-order valence-corrected chi connectivity index (χ1v) is 13.9. The molecule has 9 nitrogen and oxygen atoms in total. The van der Waals surface area contributed by atoms with Crippen LogP contribution in [0.5, 0.6) is 5.75 Å². The number of aryl methyl sites for hydroxylation is 1. The standard InChI is InChI=1S/C28H31F2N5O4S/c1-17-9-10-21(14-22(17)30)40(37,38)34-26-25-23(12-20(29)13-24(25)39-5)35(33-26)16-19-8-6-7-18(11-19)15-32-27(36)28(2,3)31-4/h6-14,31H,15-16H2,1-5H3,(H,32,36)(H,33,34). The van der Waals surface area contributed by atoms with Crippen molar-refractivity contribution in [3.8, 4) is 5.75 Å². The van der Waals surface area contributed by atoms with Crippen molar-refractivity contribution in [3.63, 3.8) is 0 Å². The number of carbonyl (C=O) groups is 1. The monoisotopic (exact) mass is 571 g/mol. The largest absolute Gasteiger partial charge is 0.496 e. The number of methoxy groups -OCH3 is 1. The van der Waals surface area contributed by atoms with Crippen molar-refractivity contribution in [3.05, 3.63) is 82.9 Å².